The van der Waals surface area contributed by atoms with E-state index in [4.69, 9.17) is 16.3 Å². The number of hydrogen-bond acceptors (Lipinski definition) is 5. The summed E-state index contributed by atoms with van der Waals surface area (Å²) < 4.78 is 5.81. The first-order chi connectivity index (χ1) is 14.5. The molecule has 3 aromatic carbocycles. The molecule has 1 heterocycles. The molecule has 7 heteroatoms. The van der Waals surface area contributed by atoms with Crippen LogP contribution in [-0.2, 0) is 6.54 Å². The third-order valence-corrected chi connectivity index (χ3v) is 4.82. The Morgan fingerprint density at radius 2 is 1.63 bits per heavy atom. The zero-order valence-corrected chi connectivity index (χ0v) is 16.6. The van der Waals surface area contributed by atoms with Gasteiger partial charge >= 0.3 is 5.69 Å². The first-order valence-electron chi connectivity index (χ1n) is 9.16. The number of fused-ring (bicyclic) bond motifs is 1. The molecule has 30 heavy (non-hydrogen) atoms. The van der Waals surface area contributed by atoms with Crippen molar-refractivity contribution in [3.05, 3.63) is 106 Å². The largest absolute Gasteiger partial charge is 0.457 e. The monoisotopic (exact) mass is 418 g/mol. The SMILES string of the molecule is [CH2]c1ccc(Oc2ccc(CNc3c([N+](=O)[O-])c(Cl)nc4ccccc34)cc2)cc1. The molecule has 4 rings (SSSR count). The number of hydrogen-bond donors (Lipinski definition) is 1. The molecule has 0 aliphatic rings. The Labute approximate surface area is 178 Å². The standard InChI is InChI=1S/C23H17ClN3O3/c1-15-6-10-17(11-7-15)30-18-12-8-16(9-13-18)14-25-21-19-4-2-3-5-20(19)26-23(24)22(21)27(28)29/h2-13H,1,14H2,(H,25,26). The lowest BCUT2D eigenvalue weighted by Crippen LogP contribution is -2.05. The third-order valence-electron chi connectivity index (χ3n) is 4.56. The fourth-order valence-corrected chi connectivity index (χ4v) is 3.33. The summed E-state index contributed by atoms with van der Waals surface area (Å²) in [5.41, 5.74) is 2.56. The van der Waals surface area contributed by atoms with Crippen molar-refractivity contribution < 1.29 is 9.66 Å². The average molecular weight is 419 g/mol. The first-order valence-corrected chi connectivity index (χ1v) is 9.54. The van der Waals surface area contributed by atoms with Crippen molar-refractivity contribution in [1.29, 1.82) is 0 Å². The van der Waals surface area contributed by atoms with Crippen molar-refractivity contribution in [3.63, 3.8) is 0 Å². The quantitative estimate of drug-likeness (QED) is 0.223. The summed E-state index contributed by atoms with van der Waals surface area (Å²) in [6.45, 7) is 4.23. The predicted molar refractivity (Wildman–Crippen MR) is 118 cm³/mol. The number of nitrogens with one attached hydrogen (secondary N) is 1. The average Bonchev–Trinajstić information content (AvgIpc) is 2.74. The molecule has 0 bridgehead atoms. The van der Waals surface area contributed by atoms with Crippen molar-refractivity contribution in [2.75, 3.05) is 5.32 Å². The topological polar surface area (TPSA) is 77.3 Å². The summed E-state index contributed by atoms with van der Waals surface area (Å²) in [5, 5.41) is 15.2. The lowest BCUT2D eigenvalue weighted by atomic mass is 10.1. The molecule has 0 spiro atoms. The fraction of sp³-hybridized carbons (Fsp3) is 0.0435. The van der Waals surface area contributed by atoms with E-state index in [9.17, 15) is 10.1 Å². The van der Waals surface area contributed by atoms with Gasteiger partial charge in [0.25, 0.3) is 0 Å². The minimum absolute atomic E-state index is 0.141. The molecular weight excluding hydrogens is 402 g/mol. The van der Waals surface area contributed by atoms with Gasteiger partial charge in [0.15, 0.2) is 0 Å². The number of rotatable bonds is 6. The van der Waals surface area contributed by atoms with Crippen LogP contribution in [0.5, 0.6) is 11.5 Å². The Balaban J connectivity index is 1.55. The summed E-state index contributed by atoms with van der Waals surface area (Å²) in [7, 11) is 0. The van der Waals surface area contributed by atoms with E-state index in [-0.39, 0.29) is 10.8 Å². The van der Waals surface area contributed by atoms with Crippen LogP contribution in [0.4, 0.5) is 11.4 Å². The van der Waals surface area contributed by atoms with Gasteiger partial charge in [0.1, 0.15) is 17.2 Å². The molecule has 1 aromatic heterocycles. The fourth-order valence-electron chi connectivity index (χ4n) is 3.08. The highest BCUT2D eigenvalue weighted by atomic mass is 35.5. The first kappa shape index (κ1) is 19.7. The summed E-state index contributed by atoms with van der Waals surface area (Å²) in [6.07, 6.45) is 0. The smallest absolute Gasteiger partial charge is 0.329 e. The van der Waals surface area contributed by atoms with E-state index in [1.54, 1.807) is 18.2 Å². The third kappa shape index (κ3) is 4.18. The predicted octanol–water partition coefficient (Wildman–Crippen LogP) is 6.38. The molecule has 0 atom stereocenters. The van der Waals surface area contributed by atoms with E-state index >= 15 is 0 Å². The van der Waals surface area contributed by atoms with Gasteiger partial charge in [-0.1, -0.05) is 54.1 Å². The van der Waals surface area contributed by atoms with E-state index < -0.39 is 4.92 Å². The van der Waals surface area contributed by atoms with E-state index in [0.29, 0.717) is 28.9 Å². The van der Waals surface area contributed by atoms with Gasteiger partial charge in [-0.25, -0.2) is 4.98 Å². The molecule has 0 fully saturated rings. The Hall–Kier alpha value is -3.64. The maximum Gasteiger partial charge on any atom is 0.329 e. The number of para-hydroxylation sites is 1. The lowest BCUT2D eigenvalue weighted by molar-refractivity contribution is -0.384. The molecule has 0 aliphatic carbocycles. The van der Waals surface area contributed by atoms with Crippen molar-refractivity contribution in [2.24, 2.45) is 0 Å². The normalized spacial score (nSPS) is 10.7. The number of nitrogens with zero attached hydrogens (tertiary/aromatic N) is 2. The summed E-state index contributed by atoms with van der Waals surface area (Å²) in [6, 6.07) is 22.1. The van der Waals surface area contributed by atoms with Crippen LogP contribution in [0.25, 0.3) is 10.9 Å². The second-order valence-electron chi connectivity index (χ2n) is 6.64. The molecule has 0 saturated heterocycles. The Kier molecular flexibility index (Phi) is 5.50. The number of nitro groups is 1. The zero-order chi connectivity index (χ0) is 21.1. The van der Waals surface area contributed by atoms with Crippen molar-refractivity contribution >= 4 is 33.9 Å². The summed E-state index contributed by atoms with van der Waals surface area (Å²) in [5.74, 6) is 1.42. The van der Waals surface area contributed by atoms with Gasteiger partial charge in [-0.15, -0.1) is 0 Å². The molecular formula is C23H17ClN3O3. The van der Waals surface area contributed by atoms with Gasteiger partial charge < -0.3 is 10.1 Å². The Morgan fingerprint density at radius 3 is 2.30 bits per heavy atom. The highest BCUT2D eigenvalue weighted by Crippen LogP contribution is 2.37. The van der Waals surface area contributed by atoms with Gasteiger partial charge in [0.05, 0.1) is 10.4 Å². The lowest BCUT2D eigenvalue weighted by Gasteiger charge is -2.12. The van der Waals surface area contributed by atoms with Crippen LogP contribution < -0.4 is 10.1 Å². The van der Waals surface area contributed by atoms with Crippen LogP contribution in [0.2, 0.25) is 5.15 Å². The van der Waals surface area contributed by atoms with Crippen molar-refractivity contribution in [3.8, 4) is 11.5 Å². The second kappa shape index (κ2) is 8.39. The number of halogens is 1. The molecule has 0 aliphatic heterocycles. The number of anilines is 1. The highest BCUT2D eigenvalue weighted by molar-refractivity contribution is 6.33. The van der Waals surface area contributed by atoms with Crippen LogP contribution >= 0.6 is 11.6 Å². The van der Waals surface area contributed by atoms with Gasteiger partial charge in [-0.3, -0.25) is 10.1 Å². The Bertz CT molecular complexity index is 1210. The second-order valence-corrected chi connectivity index (χ2v) is 7.00. The van der Waals surface area contributed by atoms with E-state index in [0.717, 1.165) is 16.9 Å². The zero-order valence-electron chi connectivity index (χ0n) is 15.8. The van der Waals surface area contributed by atoms with Crippen molar-refractivity contribution in [1.82, 2.24) is 4.98 Å². The molecule has 0 unspecified atom stereocenters. The molecule has 1 N–H and O–H groups in total. The van der Waals surface area contributed by atoms with Gasteiger partial charge in [-0.05, 0) is 48.4 Å². The van der Waals surface area contributed by atoms with Crippen LogP contribution in [0, 0.1) is 17.0 Å². The molecule has 149 valence electrons. The maximum absolute atomic E-state index is 11.6. The summed E-state index contributed by atoms with van der Waals surface area (Å²) >= 11 is 6.08. The van der Waals surface area contributed by atoms with Gasteiger partial charge in [-0.2, -0.15) is 0 Å². The molecule has 0 saturated carbocycles. The minimum Gasteiger partial charge on any atom is -0.457 e. The van der Waals surface area contributed by atoms with E-state index in [2.05, 4.69) is 17.2 Å². The minimum atomic E-state index is -0.516. The maximum atomic E-state index is 11.6. The highest BCUT2D eigenvalue weighted by Gasteiger charge is 2.23. The van der Waals surface area contributed by atoms with Crippen LogP contribution in [0.3, 0.4) is 0 Å². The number of pyridine rings is 1. The van der Waals surface area contributed by atoms with Gasteiger partial charge in [0.2, 0.25) is 5.15 Å². The van der Waals surface area contributed by atoms with Gasteiger partial charge in [0, 0.05) is 11.9 Å². The number of benzene rings is 3. The van der Waals surface area contributed by atoms with E-state index in [1.807, 2.05) is 54.6 Å². The molecule has 6 nitrogen and oxygen atoms in total. The molecule has 1 radical (unpaired) electrons. The summed E-state index contributed by atoms with van der Waals surface area (Å²) in [4.78, 5) is 15.2. The van der Waals surface area contributed by atoms with Crippen LogP contribution in [0.1, 0.15) is 11.1 Å². The number of ether oxygens (including phenoxy) is 1. The Morgan fingerprint density at radius 1 is 1.00 bits per heavy atom. The van der Waals surface area contributed by atoms with E-state index in [1.165, 1.54) is 0 Å². The molecule has 4 aromatic rings. The van der Waals surface area contributed by atoms with Crippen LogP contribution in [0.15, 0.2) is 72.8 Å². The van der Waals surface area contributed by atoms with Crippen molar-refractivity contribution in [2.45, 2.75) is 6.54 Å². The van der Waals surface area contributed by atoms with Crippen LogP contribution in [-0.4, -0.2) is 9.91 Å². The number of aromatic nitrogens is 1. The molecule has 0 amide bonds.